The van der Waals surface area contributed by atoms with Crippen LogP contribution in [0.5, 0.6) is 5.75 Å². The highest BCUT2D eigenvalue weighted by Gasteiger charge is 2.17. The number of methoxy groups -OCH3 is 1. The van der Waals surface area contributed by atoms with E-state index in [1.165, 1.54) is 0 Å². The maximum absolute atomic E-state index is 11.9. The van der Waals surface area contributed by atoms with Crippen LogP contribution >= 0.6 is 0 Å². The van der Waals surface area contributed by atoms with Gasteiger partial charge < -0.3 is 14.8 Å². The Kier molecular flexibility index (Phi) is 5.88. The molecule has 1 atom stereocenters. The predicted molar refractivity (Wildman–Crippen MR) is 86.2 cm³/mol. The van der Waals surface area contributed by atoms with Gasteiger partial charge in [0.1, 0.15) is 11.4 Å². The highest BCUT2D eigenvalue weighted by atomic mass is 16.6. The Morgan fingerprint density at radius 2 is 2.00 bits per heavy atom. The molecule has 0 aliphatic carbocycles. The Balaban J connectivity index is 2.87. The Morgan fingerprint density at radius 3 is 2.52 bits per heavy atom. The van der Waals surface area contributed by atoms with Crippen molar-refractivity contribution in [2.45, 2.75) is 52.7 Å². The number of carbonyl (C=O) groups is 1. The van der Waals surface area contributed by atoms with E-state index >= 15 is 0 Å². The van der Waals surface area contributed by atoms with Crippen LogP contribution in [0.1, 0.15) is 41.0 Å². The van der Waals surface area contributed by atoms with E-state index in [-0.39, 0.29) is 0 Å². The van der Waals surface area contributed by atoms with Crippen LogP contribution in [0.3, 0.4) is 0 Å². The fourth-order valence-electron chi connectivity index (χ4n) is 1.70. The smallest absolute Gasteiger partial charge is 0.412 e. The van der Waals surface area contributed by atoms with Crippen molar-refractivity contribution in [1.82, 2.24) is 0 Å². The third-order valence-electron chi connectivity index (χ3n) is 2.86. The number of nitrogens with one attached hydrogen (secondary N) is 2. The molecule has 1 unspecified atom stereocenters. The second kappa shape index (κ2) is 7.20. The summed E-state index contributed by atoms with van der Waals surface area (Å²) in [7, 11) is 1.57. The molecule has 0 fully saturated rings. The van der Waals surface area contributed by atoms with Gasteiger partial charge in [-0.1, -0.05) is 6.92 Å². The van der Waals surface area contributed by atoms with Crippen molar-refractivity contribution in [2.75, 3.05) is 17.7 Å². The quantitative estimate of drug-likeness (QED) is 0.852. The summed E-state index contributed by atoms with van der Waals surface area (Å²) < 4.78 is 10.5. The number of amides is 1. The van der Waals surface area contributed by atoms with E-state index in [0.717, 1.165) is 12.1 Å². The summed E-state index contributed by atoms with van der Waals surface area (Å²) in [6, 6.07) is 5.94. The first-order chi connectivity index (χ1) is 9.75. The lowest BCUT2D eigenvalue weighted by molar-refractivity contribution is 0.0635. The number of carbonyl (C=O) groups excluding carboxylic acids is 1. The van der Waals surface area contributed by atoms with Gasteiger partial charge in [0.25, 0.3) is 0 Å². The summed E-state index contributed by atoms with van der Waals surface area (Å²) in [5.74, 6) is 0.593. The predicted octanol–water partition coefficient (Wildman–Crippen LogP) is 4.25. The van der Waals surface area contributed by atoms with Gasteiger partial charge in [0.05, 0.1) is 12.8 Å². The maximum Gasteiger partial charge on any atom is 0.412 e. The Hall–Kier alpha value is -1.91. The minimum absolute atomic E-state index is 0.354. The van der Waals surface area contributed by atoms with Crippen LogP contribution in [0.15, 0.2) is 18.2 Å². The zero-order valence-electron chi connectivity index (χ0n) is 13.7. The molecule has 118 valence electrons. The zero-order chi connectivity index (χ0) is 16.0. The van der Waals surface area contributed by atoms with Gasteiger partial charge in [0.2, 0.25) is 0 Å². The monoisotopic (exact) mass is 294 g/mol. The first kappa shape index (κ1) is 17.1. The molecule has 0 heterocycles. The fraction of sp³-hybridized carbons (Fsp3) is 0.562. The highest BCUT2D eigenvalue weighted by Crippen LogP contribution is 2.28. The average Bonchev–Trinajstić information content (AvgIpc) is 2.36. The van der Waals surface area contributed by atoms with Crippen LogP contribution in [-0.2, 0) is 4.74 Å². The molecule has 2 N–H and O–H groups in total. The number of anilines is 2. The third kappa shape index (κ3) is 5.94. The molecule has 1 amide bonds. The molecule has 0 aromatic heterocycles. The lowest BCUT2D eigenvalue weighted by Gasteiger charge is -2.21. The molecule has 0 saturated carbocycles. The van der Waals surface area contributed by atoms with Gasteiger partial charge in [-0.05, 0) is 52.3 Å². The van der Waals surface area contributed by atoms with Crippen LogP contribution in [0, 0.1) is 0 Å². The summed E-state index contributed by atoms with van der Waals surface area (Å²) in [6.45, 7) is 9.69. The third-order valence-corrected chi connectivity index (χ3v) is 2.86. The van der Waals surface area contributed by atoms with E-state index < -0.39 is 11.7 Å². The topological polar surface area (TPSA) is 59.6 Å². The normalized spacial score (nSPS) is 12.5. The lowest BCUT2D eigenvalue weighted by Crippen LogP contribution is -2.27. The van der Waals surface area contributed by atoms with E-state index in [4.69, 9.17) is 9.47 Å². The molecule has 1 rings (SSSR count). The Morgan fingerprint density at radius 1 is 1.33 bits per heavy atom. The molecule has 5 heteroatoms. The van der Waals surface area contributed by atoms with Crippen LogP contribution < -0.4 is 15.4 Å². The van der Waals surface area contributed by atoms with Crippen molar-refractivity contribution in [3.63, 3.8) is 0 Å². The van der Waals surface area contributed by atoms with Crippen molar-refractivity contribution in [3.05, 3.63) is 18.2 Å². The van der Waals surface area contributed by atoms with Gasteiger partial charge in [-0.2, -0.15) is 0 Å². The van der Waals surface area contributed by atoms with Gasteiger partial charge in [-0.3, -0.25) is 5.32 Å². The molecule has 21 heavy (non-hydrogen) atoms. The molecule has 5 nitrogen and oxygen atoms in total. The second-order valence-electron chi connectivity index (χ2n) is 6.00. The molecule has 0 bridgehead atoms. The van der Waals surface area contributed by atoms with Crippen molar-refractivity contribution in [2.24, 2.45) is 0 Å². The van der Waals surface area contributed by atoms with E-state index in [1.54, 1.807) is 7.11 Å². The summed E-state index contributed by atoms with van der Waals surface area (Å²) in [4.78, 5) is 11.9. The molecular formula is C16H26N2O3. The number of hydrogen-bond acceptors (Lipinski definition) is 4. The van der Waals surface area contributed by atoms with Crippen LogP contribution in [-0.4, -0.2) is 24.8 Å². The van der Waals surface area contributed by atoms with E-state index in [2.05, 4.69) is 24.5 Å². The SMILES string of the molecule is CCC(C)Nc1ccc(OC)c(NC(=O)OC(C)(C)C)c1. The molecule has 1 aromatic rings. The van der Waals surface area contributed by atoms with Crippen LogP contribution in [0.4, 0.5) is 16.2 Å². The fourth-order valence-corrected chi connectivity index (χ4v) is 1.70. The maximum atomic E-state index is 11.9. The van der Waals surface area contributed by atoms with Crippen LogP contribution in [0.25, 0.3) is 0 Å². The summed E-state index contributed by atoms with van der Waals surface area (Å²) in [5.41, 5.74) is 0.973. The zero-order valence-corrected chi connectivity index (χ0v) is 13.7. The molecule has 0 spiro atoms. The van der Waals surface area contributed by atoms with Crippen molar-refractivity contribution in [1.29, 1.82) is 0 Å². The Bertz CT molecular complexity index is 481. The standard InChI is InChI=1S/C16H26N2O3/c1-7-11(2)17-12-8-9-14(20-6)13(10-12)18-15(19)21-16(3,4)5/h8-11,17H,7H2,1-6H3,(H,18,19). The van der Waals surface area contributed by atoms with Crippen molar-refractivity contribution < 1.29 is 14.3 Å². The highest BCUT2D eigenvalue weighted by molar-refractivity contribution is 5.88. The van der Waals surface area contributed by atoms with E-state index in [1.807, 2.05) is 39.0 Å². The van der Waals surface area contributed by atoms with Gasteiger partial charge >= 0.3 is 6.09 Å². The second-order valence-corrected chi connectivity index (χ2v) is 6.00. The van der Waals surface area contributed by atoms with E-state index in [0.29, 0.717) is 17.5 Å². The molecule has 0 aliphatic rings. The summed E-state index contributed by atoms with van der Waals surface area (Å²) >= 11 is 0. The molecule has 0 radical (unpaired) electrons. The van der Waals surface area contributed by atoms with Gasteiger partial charge in [-0.25, -0.2) is 4.79 Å². The minimum atomic E-state index is -0.538. The first-order valence-electron chi connectivity index (χ1n) is 7.19. The van der Waals surface area contributed by atoms with Crippen molar-refractivity contribution in [3.8, 4) is 5.75 Å². The van der Waals surface area contributed by atoms with Crippen molar-refractivity contribution >= 4 is 17.5 Å². The lowest BCUT2D eigenvalue weighted by atomic mass is 10.2. The average molecular weight is 294 g/mol. The Labute approximate surface area is 127 Å². The van der Waals surface area contributed by atoms with Gasteiger partial charge in [0.15, 0.2) is 0 Å². The number of benzene rings is 1. The van der Waals surface area contributed by atoms with Crippen LogP contribution in [0.2, 0.25) is 0 Å². The number of ether oxygens (including phenoxy) is 2. The molecule has 0 saturated heterocycles. The van der Waals surface area contributed by atoms with E-state index in [9.17, 15) is 4.79 Å². The first-order valence-corrected chi connectivity index (χ1v) is 7.19. The van der Waals surface area contributed by atoms with Gasteiger partial charge in [0, 0.05) is 11.7 Å². The molecule has 0 aliphatic heterocycles. The molecule has 1 aromatic carbocycles. The number of hydrogen-bond donors (Lipinski definition) is 2. The minimum Gasteiger partial charge on any atom is -0.495 e. The largest absolute Gasteiger partial charge is 0.495 e. The summed E-state index contributed by atoms with van der Waals surface area (Å²) in [5, 5.41) is 6.08. The summed E-state index contributed by atoms with van der Waals surface area (Å²) in [6.07, 6.45) is 0.516. The number of rotatable bonds is 5. The molecular weight excluding hydrogens is 268 g/mol. The van der Waals surface area contributed by atoms with Gasteiger partial charge in [-0.15, -0.1) is 0 Å².